The van der Waals surface area contributed by atoms with Gasteiger partial charge in [0.2, 0.25) is 0 Å². The number of rotatable bonds is 4. The second-order valence-electron chi connectivity index (χ2n) is 3.69. The number of carboxylic acids is 1. The van der Waals surface area contributed by atoms with E-state index in [1.54, 1.807) is 6.92 Å². The van der Waals surface area contributed by atoms with Crippen molar-refractivity contribution in [2.24, 2.45) is 0 Å². The van der Waals surface area contributed by atoms with Crippen LogP contribution in [-0.2, 0) is 0 Å². The van der Waals surface area contributed by atoms with E-state index in [-0.39, 0.29) is 5.69 Å². The van der Waals surface area contributed by atoms with Crippen molar-refractivity contribution >= 4 is 17.3 Å². The average Bonchev–Trinajstić information content (AvgIpc) is 2.72. The van der Waals surface area contributed by atoms with Gasteiger partial charge in [0.05, 0.1) is 6.61 Å². The number of hydrogen-bond donors (Lipinski definition) is 1. The first kappa shape index (κ1) is 12.6. The zero-order valence-corrected chi connectivity index (χ0v) is 11.0. The Labute approximate surface area is 109 Å². The molecule has 1 N–H and O–H groups in total. The Morgan fingerprint density at radius 3 is 2.89 bits per heavy atom. The summed E-state index contributed by atoms with van der Waals surface area (Å²) in [5, 5.41) is 9.68. The number of aryl methyl sites for hydroxylation is 1. The van der Waals surface area contributed by atoms with Crippen LogP contribution >= 0.6 is 11.3 Å². The van der Waals surface area contributed by atoms with Crippen LogP contribution in [0.1, 0.15) is 22.3 Å². The molecule has 1 aromatic carbocycles. The molecule has 2 aromatic rings. The van der Waals surface area contributed by atoms with Gasteiger partial charge < -0.3 is 9.84 Å². The van der Waals surface area contributed by atoms with E-state index in [9.17, 15) is 4.79 Å². The molecule has 0 aliphatic rings. The fourth-order valence-corrected chi connectivity index (χ4v) is 2.51. The highest BCUT2D eigenvalue weighted by molar-refractivity contribution is 7.15. The smallest absolute Gasteiger partial charge is 0.355 e. The number of benzene rings is 1. The molecule has 2 rings (SSSR count). The molecule has 0 unspecified atom stereocenters. The lowest BCUT2D eigenvalue weighted by atomic mass is 10.2. The van der Waals surface area contributed by atoms with Gasteiger partial charge in [0.1, 0.15) is 10.8 Å². The highest BCUT2D eigenvalue weighted by Gasteiger charge is 2.15. The van der Waals surface area contributed by atoms with Crippen molar-refractivity contribution in [2.45, 2.75) is 13.8 Å². The predicted octanol–water partition coefficient (Wildman–Crippen LogP) is 3.22. The van der Waals surface area contributed by atoms with Crippen LogP contribution in [0.5, 0.6) is 5.75 Å². The van der Waals surface area contributed by atoms with Crippen molar-refractivity contribution in [3.63, 3.8) is 0 Å². The van der Waals surface area contributed by atoms with Crippen LogP contribution in [-0.4, -0.2) is 22.7 Å². The van der Waals surface area contributed by atoms with Gasteiger partial charge in [0.25, 0.3) is 0 Å². The van der Waals surface area contributed by atoms with E-state index in [0.717, 1.165) is 11.3 Å². The average molecular weight is 263 g/mol. The maximum absolute atomic E-state index is 11.0. The fourth-order valence-electron chi connectivity index (χ4n) is 1.60. The number of ether oxygens (including phenoxy) is 1. The maximum Gasteiger partial charge on any atom is 0.355 e. The molecule has 1 heterocycles. The standard InChI is InChI=1S/C13H13NO3S/c1-3-17-10-6-4-5-9(7-10)12-14-11(13(15)16)8(2)18-12/h4-7H,3H2,1-2H3,(H,15,16). The summed E-state index contributed by atoms with van der Waals surface area (Å²) in [6, 6.07) is 7.50. The highest BCUT2D eigenvalue weighted by Crippen LogP contribution is 2.29. The summed E-state index contributed by atoms with van der Waals surface area (Å²) >= 11 is 1.38. The minimum absolute atomic E-state index is 0.122. The van der Waals surface area contributed by atoms with Gasteiger partial charge in [-0.05, 0) is 26.0 Å². The zero-order chi connectivity index (χ0) is 13.1. The summed E-state index contributed by atoms with van der Waals surface area (Å²) in [7, 11) is 0. The minimum Gasteiger partial charge on any atom is -0.494 e. The molecule has 5 heteroatoms. The van der Waals surface area contributed by atoms with Gasteiger partial charge in [0, 0.05) is 10.4 Å². The lowest BCUT2D eigenvalue weighted by Crippen LogP contribution is -1.98. The molecule has 0 spiro atoms. The summed E-state index contributed by atoms with van der Waals surface area (Å²) in [4.78, 5) is 15.8. The zero-order valence-electron chi connectivity index (χ0n) is 10.1. The monoisotopic (exact) mass is 263 g/mol. The molecule has 0 saturated heterocycles. The molecule has 18 heavy (non-hydrogen) atoms. The lowest BCUT2D eigenvalue weighted by Gasteiger charge is -2.03. The van der Waals surface area contributed by atoms with E-state index in [1.165, 1.54) is 11.3 Å². The summed E-state index contributed by atoms with van der Waals surface area (Å²) in [5.41, 5.74) is 0.998. The highest BCUT2D eigenvalue weighted by atomic mass is 32.1. The molecule has 94 valence electrons. The SMILES string of the molecule is CCOc1cccc(-c2nc(C(=O)O)c(C)s2)c1. The summed E-state index contributed by atoms with van der Waals surface area (Å²) in [6.45, 7) is 4.28. The summed E-state index contributed by atoms with van der Waals surface area (Å²) < 4.78 is 5.41. The first-order valence-corrected chi connectivity index (χ1v) is 6.37. The Hall–Kier alpha value is -1.88. The van der Waals surface area contributed by atoms with E-state index in [2.05, 4.69) is 4.98 Å². The third kappa shape index (κ3) is 2.51. The number of nitrogens with zero attached hydrogens (tertiary/aromatic N) is 1. The van der Waals surface area contributed by atoms with Gasteiger partial charge in [-0.25, -0.2) is 9.78 Å². The van der Waals surface area contributed by atoms with Gasteiger partial charge in [-0.2, -0.15) is 0 Å². The second-order valence-corrected chi connectivity index (χ2v) is 4.89. The lowest BCUT2D eigenvalue weighted by molar-refractivity contribution is 0.0690. The van der Waals surface area contributed by atoms with E-state index in [4.69, 9.17) is 9.84 Å². The molecular weight excluding hydrogens is 250 g/mol. The van der Waals surface area contributed by atoms with Crippen LogP contribution in [0, 0.1) is 6.92 Å². The molecule has 0 amide bonds. The summed E-state index contributed by atoms with van der Waals surface area (Å²) in [6.07, 6.45) is 0. The van der Waals surface area contributed by atoms with Crippen LogP contribution in [0.15, 0.2) is 24.3 Å². The van der Waals surface area contributed by atoms with Crippen molar-refractivity contribution in [1.29, 1.82) is 0 Å². The Bertz CT molecular complexity index is 577. The van der Waals surface area contributed by atoms with Crippen molar-refractivity contribution in [3.05, 3.63) is 34.8 Å². The molecule has 0 aliphatic carbocycles. The largest absolute Gasteiger partial charge is 0.494 e. The number of thiazole rings is 1. The molecule has 0 radical (unpaired) electrons. The van der Waals surface area contributed by atoms with Crippen LogP contribution in [0.25, 0.3) is 10.6 Å². The number of carbonyl (C=O) groups is 1. The molecule has 0 fully saturated rings. The Morgan fingerprint density at radius 2 is 2.28 bits per heavy atom. The number of aromatic carboxylic acids is 1. The predicted molar refractivity (Wildman–Crippen MR) is 70.4 cm³/mol. The van der Waals surface area contributed by atoms with Crippen molar-refractivity contribution in [2.75, 3.05) is 6.61 Å². The van der Waals surface area contributed by atoms with Gasteiger partial charge >= 0.3 is 5.97 Å². The summed E-state index contributed by atoms with van der Waals surface area (Å²) in [5.74, 6) is -0.226. The van der Waals surface area contributed by atoms with Crippen molar-refractivity contribution in [1.82, 2.24) is 4.98 Å². The topological polar surface area (TPSA) is 59.4 Å². The molecule has 0 saturated carbocycles. The quantitative estimate of drug-likeness (QED) is 0.920. The van der Waals surface area contributed by atoms with Gasteiger partial charge in [-0.15, -0.1) is 11.3 Å². The molecule has 4 nitrogen and oxygen atoms in total. The normalized spacial score (nSPS) is 10.3. The second kappa shape index (κ2) is 5.18. The molecule has 1 aromatic heterocycles. The minimum atomic E-state index is -0.990. The van der Waals surface area contributed by atoms with Crippen LogP contribution < -0.4 is 4.74 Å². The van der Waals surface area contributed by atoms with E-state index in [0.29, 0.717) is 16.5 Å². The molecular formula is C13H13NO3S. The van der Waals surface area contributed by atoms with Crippen LogP contribution in [0.3, 0.4) is 0 Å². The van der Waals surface area contributed by atoms with E-state index in [1.807, 2.05) is 31.2 Å². The number of aromatic nitrogens is 1. The molecule has 0 bridgehead atoms. The van der Waals surface area contributed by atoms with E-state index >= 15 is 0 Å². The van der Waals surface area contributed by atoms with Crippen LogP contribution in [0.4, 0.5) is 0 Å². The first-order chi connectivity index (χ1) is 8.61. The fraction of sp³-hybridized carbons (Fsp3) is 0.231. The maximum atomic E-state index is 11.0. The van der Waals surface area contributed by atoms with Crippen molar-refractivity contribution in [3.8, 4) is 16.3 Å². The van der Waals surface area contributed by atoms with Crippen LogP contribution in [0.2, 0.25) is 0 Å². The van der Waals surface area contributed by atoms with Gasteiger partial charge in [-0.1, -0.05) is 12.1 Å². The Morgan fingerprint density at radius 1 is 1.50 bits per heavy atom. The van der Waals surface area contributed by atoms with Crippen molar-refractivity contribution < 1.29 is 14.6 Å². The third-order valence-electron chi connectivity index (χ3n) is 2.39. The Balaban J connectivity index is 2.39. The van der Waals surface area contributed by atoms with Gasteiger partial charge in [-0.3, -0.25) is 0 Å². The third-order valence-corrected chi connectivity index (χ3v) is 3.41. The molecule has 0 aliphatic heterocycles. The number of hydrogen-bond acceptors (Lipinski definition) is 4. The Kier molecular flexibility index (Phi) is 3.62. The van der Waals surface area contributed by atoms with Gasteiger partial charge in [0.15, 0.2) is 5.69 Å². The molecule has 0 atom stereocenters. The number of carboxylic acid groups (broad SMARTS) is 1. The first-order valence-electron chi connectivity index (χ1n) is 5.55. The van der Waals surface area contributed by atoms with E-state index < -0.39 is 5.97 Å².